The van der Waals surface area contributed by atoms with Crippen molar-refractivity contribution >= 4 is 43.3 Å². The fraction of sp³-hybridized carbons (Fsp3) is 0.500. The standard InChI is InChI=1S/C24H28N2O9S3/c1-13-18(26-32)20(28)21(29)22(34-13)35-16-8-6-4-5-7-10-24(31)12-15(27)19(25-23(30)33-2)17(16)14(24)9-11-37-38-36-3/h4-5,9,13,16,18,20-22,26,28-29,31-32H,11-12H2,1-3H3,(H,25,30)/b5-4-,14-9+/t13-,16+,18-,20+,21-,22+,24+/m1/s1. The smallest absolute Gasteiger partial charge is 0.411 e. The van der Waals surface area contributed by atoms with Crippen LogP contribution in [0.2, 0.25) is 0 Å². The second-order valence-electron chi connectivity index (χ2n) is 8.26. The van der Waals surface area contributed by atoms with E-state index in [1.54, 1.807) is 13.0 Å². The maximum absolute atomic E-state index is 13.3. The van der Waals surface area contributed by atoms with Crippen molar-refractivity contribution in [3.05, 3.63) is 35.1 Å². The molecule has 2 bridgehead atoms. The van der Waals surface area contributed by atoms with Crippen molar-refractivity contribution in [1.82, 2.24) is 10.8 Å². The highest BCUT2D eigenvalue weighted by Gasteiger charge is 2.48. The number of ether oxygens (including phenoxy) is 3. The van der Waals surface area contributed by atoms with Crippen LogP contribution in [0.1, 0.15) is 13.3 Å². The minimum absolute atomic E-state index is 0.0151. The maximum atomic E-state index is 13.3. The molecule has 6 N–H and O–H groups in total. The minimum atomic E-state index is -1.94. The van der Waals surface area contributed by atoms with Gasteiger partial charge in [0.1, 0.15) is 18.3 Å². The molecule has 1 fully saturated rings. The lowest BCUT2D eigenvalue weighted by Gasteiger charge is -2.42. The van der Waals surface area contributed by atoms with E-state index in [9.17, 15) is 30.1 Å². The minimum Gasteiger partial charge on any atom is -0.453 e. The molecule has 1 heterocycles. The third-order valence-corrected chi connectivity index (χ3v) is 9.59. The van der Waals surface area contributed by atoms with Gasteiger partial charge in [-0.05, 0) is 35.2 Å². The topological polar surface area (TPSA) is 167 Å². The number of carbonyl (C=O) groups is 2. The predicted molar refractivity (Wildman–Crippen MR) is 143 cm³/mol. The van der Waals surface area contributed by atoms with Crippen molar-refractivity contribution in [3.8, 4) is 23.7 Å². The quantitative estimate of drug-likeness (QED) is 0.102. The average molecular weight is 585 g/mol. The first-order valence-electron chi connectivity index (χ1n) is 11.3. The van der Waals surface area contributed by atoms with Crippen molar-refractivity contribution < 1.29 is 44.3 Å². The predicted octanol–water partition coefficient (Wildman–Crippen LogP) is 0.662. The number of fused-ring (bicyclic) bond motifs is 2. The summed E-state index contributed by atoms with van der Waals surface area (Å²) in [7, 11) is 5.65. The number of methoxy groups -OCH3 is 1. The summed E-state index contributed by atoms with van der Waals surface area (Å²) in [6, 6.07) is -1.00. The Morgan fingerprint density at radius 1 is 1.32 bits per heavy atom. The van der Waals surface area contributed by atoms with Gasteiger partial charge in [-0.3, -0.25) is 10.1 Å². The van der Waals surface area contributed by atoms with Gasteiger partial charge in [-0.15, -0.1) is 0 Å². The van der Waals surface area contributed by atoms with Gasteiger partial charge in [0.05, 0.1) is 31.4 Å². The molecule has 3 rings (SSSR count). The molecule has 0 spiro atoms. The number of hydrogen-bond donors (Lipinski definition) is 6. The van der Waals surface area contributed by atoms with Crippen molar-refractivity contribution in [2.75, 3.05) is 19.1 Å². The van der Waals surface area contributed by atoms with Crippen LogP contribution >= 0.6 is 31.4 Å². The zero-order valence-electron chi connectivity index (χ0n) is 20.7. The van der Waals surface area contributed by atoms with Crippen molar-refractivity contribution in [3.63, 3.8) is 0 Å². The number of amides is 1. The van der Waals surface area contributed by atoms with E-state index in [2.05, 4.69) is 29.0 Å². The van der Waals surface area contributed by atoms with E-state index in [0.29, 0.717) is 5.75 Å². The summed E-state index contributed by atoms with van der Waals surface area (Å²) in [5.41, 5.74) is -0.0397. The summed E-state index contributed by atoms with van der Waals surface area (Å²) in [6.45, 7) is 1.55. The summed E-state index contributed by atoms with van der Waals surface area (Å²) < 4.78 is 16.4. The van der Waals surface area contributed by atoms with E-state index >= 15 is 0 Å². The highest BCUT2D eigenvalue weighted by molar-refractivity contribution is 9.09. The molecule has 2 aliphatic carbocycles. The molecular weight excluding hydrogens is 556 g/mol. The second-order valence-corrected chi connectivity index (χ2v) is 12.6. The highest BCUT2D eigenvalue weighted by atomic mass is 33.5. The van der Waals surface area contributed by atoms with Gasteiger partial charge in [-0.25, -0.2) is 4.79 Å². The van der Waals surface area contributed by atoms with Crippen LogP contribution in [0.3, 0.4) is 0 Å². The van der Waals surface area contributed by atoms with E-state index in [1.807, 2.05) is 11.7 Å². The van der Waals surface area contributed by atoms with Gasteiger partial charge in [0.15, 0.2) is 17.7 Å². The molecule has 206 valence electrons. The molecule has 0 aromatic rings. The van der Waals surface area contributed by atoms with Crippen molar-refractivity contribution in [2.45, 2.75) is 55.7 Å². The molecule has 1 aliphatic heterocycles. The molecule has 0 aromatic heterocycles. The van der Waals surface area contributed by atoms with Crippen LogP contribution in [0.4, 0.5) is 4.79 Å². The fourth-order valence-corrected chi connectivity index (χ4v) is 6.48. The Labute approximate surface area is 231 Å². The summed E-state index contributed by atoms with van der Waals surface area (Å²) in [5, 5.41) is 44.5. The van der Waals surface area contributed by atoms with Crippen LogP contribution in [0.25, 0.3) is 0 Å². The van der Waals surface area contributed by atoms with Crippen LogP contribution in [0.15, 0.2) is 35.1 Å². The SMILES string of the molecule is COC(=O)NC1=C2/C(=C\CSSSC)[C@](O)(C#C/C=C\C#C[C@@H]2O[C@@H]2O[C@H](C)[C@@H](NO)[C@H](O)[C@H]2O)CC1=O. The van der Waals surface area contributed by atoms with Gasteiger partial charge in [-0.1, -0.05) is 51.3 Å². The van der Waals surface area contributed by atoms with Crippen LogP contribution < -0.4 is 10.8 Å². The Kier molecular flexibility index (Phi) is 11.2. The fourth-order valence-electron chi connectivity index (χ4n) is 4.07. The van der Waals surface area contributed by atoms with Crippen molar-refractivity contribution in [1.29, 1.82) is 0 Å². The zero-order valence-corrected chi connectivity index (χ0v) is 23.1. The molecule has 0 saturated carbocycles. The van der Waals surface area contributed by atoms with E-state index in [0.717, 1.165) is 7.11 Å². The molecule has 11 nitrogen and oxygen atoms in total. The van der Waals surface area contributed by atoms with Crippen LogP contribution in [0, 0.1) is 23.7 Å². The maximum Gasteiger partial charge on any atom is 0.411 e. The highest BCUT2D eigenvalue weighted by Crippen LogP contribution is 2.40. The molecule has 38 heavy (non-hydrogen) atoms. The molecule has 14 heteroatoms. The number of ketones is 1. The number of carbonyl (C=O) groups excluding carboxylic acids is 2. The molecule has 7 atom stereocenters. The Morgan fingerprint density at radius 2 is 2.05 bits per heavy atom. The molecule has 1 saturated heterocycles. The van der Waals surface area contributed by atoms with E-state index in [4.69, 9.17) is 14.2 Å². The van der Waals surface area contributed by atoms with Gasteiger partial charge < -0.3 is 34.7 Å². The van der Waals surface area contributed by atoms with Gasteiger partial charge in [0.2, 0.25) is 0 Å². The van der Waals surface area contributed by atoms with E-state index in [1.165, 1.54) is 43.6 Å². The number of aliphatic hydroxyl groups excluding tert-OH is 2. The van der Waals surface area contributed by atoms with Crippen LogP contribution in [-0.2, 0) is 19.0 Å². The monoisotopic (exact) mass is 584 g/mol. The number of hydrogen-bond acceptors (Lipinski definition) is 13. The molecule has 0 radical (unpaired) electrons. The van der Waals surface area contributed by atoms with E-state index in [-0.39, 0.29) is 16.8 Å². The first-order chi connectivity index (χ1) is 18.2. The lowest BCUT2D eigenvalue weighted by molar-refractivity contribution is -0.283. The normalized spacial score (nSPS) is 34.5. The van der Waals surface area contributed by atoms with Gasteiger partial charge in [-0.2, -0.15) is 5.48 Å². The van der Waals surface area contributed by atoms with Crippen LogP contribution in [0.5, 0.6) is 0 Å². The summed E-state index contributed by atoms with van der Waals surface area (Å²) in [5.74, 6) is 10.7. The van der Waals surface area contributed by atoms with Crippen molar-refractivity contribution in [2.24, 2.45) is 0 Å². The number of aliphatic hydroxyl groups is 3. The average Bonchev–Trinajstić information content (AvgIpc) is 2.88. The molecular formula is C24H28N2O9S3. The summed E-state index contributed by atoms with van der Waals surface area (Å²) in [6.07, 6.45) is -1.67. The number of rotatable bonds is 8. The lowest BCUT2D eigenvalue weighted by atomic mass is 9.75. The number of hydroxylamine groups is 1. The lowest BCUT2D eigenvalue weighted by Crippen LogP contribution is -2.62. The molecule has 0 aromatic carbocycles. The Balaban J connectivity index is 2.16. The summed E-state index contributed by atoms with van der Waals surface area (Å²) >= 11 is 0. The number of alkyl carbamates (subject to hydrolysis) is 1. The van der Waals surface area contributed by atoms with Crippen LogP contribution in [-0.4, -0.2) is 93.9 Å². The van der Waals surface area contributed by atoms with E-state index < -0.39 is 60.6 Å². The largest absolute Gasteiger partial charge is 0.453 e. The van der Waals surface area contributed by atoms with Gasteiger partial charge in [0, 0.05) is 16.9 Å². The van der Waals surface area contributed by atoms with Gasteiger partial charge >= 0.3 is 6.09 Å². The first-order valence-corrected chi connectivity index (χ1v) is 15.4. The zero-order chi connectivity index (χ0) is 27.9. The molecule has 1 amide bonds. The Hall–Kier alpha value is -1.95. The first kappa shape index (κ1) is 30.6. The Morgan fingerprint density at radius 3 is 2.74 bits per heavy atom. The third-order valence-electron chi connectivity index (χ3n) is 5.86. The Bertz CT molecular complexity index is 1140. The second kappa shape index (κ2) is 13.9. The number of Topliss-reactive ketones (excluding diaryl/α,β-unsaturated/α-hetero) is 1. The molecule has 3 aliphatic rings. The number of nitrogens with one attached hydrogen (secondary N) is 2. The number of allylic oxidation sites excluding steroid dienone is 3. The molecule has 0 unspecified atom stereocenters. The summed E-state index contributed by atoms with van der Waals surface area (Å²) in [4.78, 5) is 25.5. The third kappa shape index (κ3) is 6.97. The van der Waals surface area contributed by atoms with Gasteiger partial charge in [0.25, 0.3) is 0 Å².